The van der Waals surface area contributed by atoms with E-state index in [9.17, 15) is 19.2 Å². The summed E-state index contributed by atoms with van der Waals surface area (Å²) in [5, 5.41) is 0.853. The fourth-order valence-electron chi connectivity index (χ4n) is 6.58. The number of anilines is 1. The topological polar surface area (TPSA) is 93.6 Å². The molecule has 0 N–H and O–H groups in total. The third-order valence-electron chi connectivity index (χ3n) is 8.61. The zero-order valence-electron chi connectivity index (χ0n) is 22.6. The average Bonchev–Trinajstić information content (AvgIpc) is 3.70. The van der Waals surface area contributed by atoms with Crippen molar-refractivity contribution in [3.05, 3.63) is 107 Å². The summed E-state index contributed by atoms with van der Waals surface area (Å²) >= 11 is 6.49. The van der Waals surface area contributed by atoms with Crippen molar-refractivity contribution in [2.24, 2.45) is 23.7 Å². The van der Waals surface area contributed by atoms with Gasteiger partial charge in [-0.2, -0.15) is 0 Å². The van der Waals surface area contributed by atoms with Crippen LogP contribution in [0.3, 0.4) is 0 Å². The van der Waals surface area contributed by atoms with E-state index < -0.39 is 12.1 Å². The number of ketones is 1. The van der Waals surface area contributed by atoms with Gasteiger partial charge >= 0.3 is 5.97 Å². The van der Waals surface area contributed by atoms with E-state index in [1.807, 2.05) is 0 Å². The van der Waals surface area contributed by atoms with Crippen LogP contribution in [0.2, 0.25) is 5.02 Å². The quantitative estimate of drug-likeness (QED) is 0.116. The number of imide groups is 1. The summed E-state index contributed by atoms with van der Waals surface area (Å²) in [5.41, 5.74) is 2.70. The summed E-state index contributed by atoms with van der Waals surface area (Å²) < 4.78 is 5.61. The monoisotopic (exact) mass is 576 g/mol. The predicted molar refractivity (Wildman–Crippen MR) is 158 cm³/mol. The lowest BCUT2D eigenvalue weighted by molar-refractivity contribution is -0.123. The number of amides is 2. The van der Waals surface area contributed by atoms with Gasteiger partial charge in [0, 0.05) is 16.5 Å². The molecule has 1 saturated carbocycles. The fourth-order valence-corrected chi connectivity index (χ4v) is 6.80. The molecule has 42 heavy (non-hydrogen) atoms. The largest absolute Gasteiger partial charge is 0.451 e. The Balaban J connectivity index is 1.19. The third kappa shape index (κ3) is 4.15. The van der Waals surface area contributed by atoms with Crippen molar-refractivity contribution < 1.29 is 23.9 Å². The number of carbonyl (C=O) groups excluding carboxylic acids is 4. The maximum atomic E-state index is 13.4. The highest BCUT2D eigenvalue weighted by atomic mass is 35.5. The molecule has 1 saturated heterocycles. The van der Waals surface area contributed by atoms with E-state index in [2.05, 4.69) is 12.2 Å². The van der Waals surface area contributed by atoms with Gasteiger partial charge in [-0.3, -0.25) is 19.3 Å². The van der Waals surface area contributed by atoms with Crippen LogP contribution < -0.4 is 4.90 Å². The number of hydrogen-bond donors (Lipinski definition) is 0. The van der Waals surface area contributed by atoms with Crippen molar-refractivity contribution in [1.29, 1.82) is 0 Å². The molecule has 5 unspecified atom stereocenters. The molecule has 1 aliphatic heterocycles. The Morgan fingerprint density at radius 3 is 2.24 bits per heavy atom. The molecule has 2 heterocycles. The van der Waals surface area contributed by atoms with Crippen molar-refractivity contribution in [3.63, 3.8) is 0 Å². The Labute approximate surface area is 246 Å². The van der Waals surface area contributed by atoms with E-state index in [-0.39, 0.29) is 46.8 Å². The first kappa shape index (κ1) is 26.3. The Morgan fingerprint density at radius 2 is 1.57 bits per heavy atom. The molecule has 0 spiro atoms. The molecular formula is C34H25ClN2O5. The molecule has 2 aliphatic carbocycles. The predicted octanol–water partition coefficient (Wildman–Crippen LogP) is 6.29. The second-order valence-corrected chi connectivity index (χ2v) is 11.4. The van der Waals surface area contributed by atoms with Gasteiger partial charge in [0.05, 0.1) is 39.3 Å². The van der Waals surface area contributed by atoms with Gasteiger partial charge in [-0.15, -0.1) is 0 Å². The summed E-state index contributed by atoms with van der Waals surface area (Å²) in [6, 6.07) is 22.4. The molecule has 3 aromatic carbocycles. The van der Waals surface area contributed by atoms with E-state index in [4.69, 9.17) is 21.3 Å². The van der Waals surface area contributed by atoms with Crippen LogP contribution >= 0.6 is 11.6 Å². The molecule has 0 radical (unpaired) electrons. The standard InChI is InChI=1S/C34H25ClN2O5/c1-18(31(38)20-6-3-2-4-7-20)42-34(41)25-17-27(36-30-24(25)8-5-9-26(30)35)19-12-14-23(15-13-19)37-32(39)28-21-10-11-22(16-21)29(28)33(37)40/h2-15,17-18,21-22,28-29H,16H2,1H3. The Bertz CT molecular complexity index is 1790. The highest BCUT2D eigenvalue weighted by Crippen LogP contribution is 2.53. The number of hydrogen-bond acceptors (Lipinski definition) is 6. The van der Waals surface area contributed by atoms with E-state index in [0.29, 0.717) is 38.4 Å². The number of allylic oxidation sites excluding steroid dienone is 2. The maximum absolute atomic E-state index is 13.4. The van der Waals surface area contributed by atoms with Crippen molar-refractivity contribution in [1.82, 2.24) is 4.98 Å². The number of nitrogens with zero attached hydrogens (tertiary/aromatic N) is 2. The Morgan fingerprint density at radius 1 is 0.905 bits per heavy atom. The second-order valence-electron chi connectivity index (χ2n) is 11.0. The SMILES string of the molecule is CC(OC(=O)c1cc(-c2ccc(N3C(=O)C4C5C=CC(C5)C4C3=O)cc2)nc2c(Cl)cccc12)C(=O)c1ccccc1. The van der Waals surface area contributed by atoms with E-state index in [1.54, 1.807) is 85.8 Å². The molecule has 8 heteroatoms. The van der Waals surface area contributed by atoms with Crippen molar-refractivity contribution >= 4 is 51.8 Å². The Kier molecular flexibility index (Phi) is 6.28. The minimum atomic E-state index is -1.01. The number of fused-ring (bicyclic) bond motifs is 6. The molecule has 208 valence electrons. The van der Waals surface area contributed by atoms with Crippen molar-refractivity contribution in [3.8, 4) is 11.3 Å². The number of Topliss-reactive ketones (excluding diaryl/α,β-unsaturated/α-hetero) is 1. The number of esters is 1. The van der Waals surface area contributed by atoms with Gasteiger partial charge in [-0.25, -0.2) is 9.78 Å². The van der Waals surface area contributed by atoms with Crippen molar-refractivity contribution in [2.45, 2.75) is 19.4 Å². The minimum absolute atomic E-state index is 0.135. The van der Waals surface area contributed by atoms with Crippen LogP contribution in [0.15, 0.2) is 91.0 Å². The van der Waals surface area contributed by atoms with Gasteiger partial charge < -0.3 is 4.74 Å². The van der Waals surface area contributed by atoms with Crippen LogP contribution in [0.25, 0.3) is 22.2 Å². The van der Waals surface area contributed by atoms with E-state index in [0.717, 1.165) is 6.42 Å². The molecule has 7 rings (SSSR count). The maximum Gasteiger partial charge on any atom is 0.339 e. The first-order chi connectivity index (χ1) is 20.3. The number of rotatable bonds is 6. The number of benzene rings is 3. The number of pyridine rings is 1. The van der Waals surface area contributed by atoms with Gasteiger partial charge in [0.2, 0.25) is 17.6 Å². The van der Waals surface area contributed by atoms with Crippen LogP contribution in [-0.4, -0.2) is 34.7 Å². The van der Waals surface area contributed by atoms with E-state index in [1.165, 1.54) is 4.90 Å². The van der Waals surface area contributed by atoms with Crippen LogP contribution in [0.4, 0.5) is 5.69 Å². The summed E-state index contributed by atoms with van der Waals surface area (Å²) in [6.45, 7) is 1.54. The fraction of sp³-hybridized carbons (Fsp3) is 0.206. The van der Waals surface area contributed by atoms with Gasteiger partial charge in [-0.05, 0) is 49.4 Å². The molecule has 3 aliphatic rings. The number of aromatic nitrogens is 1. The molecule has 2 bridgehead atoms. The zero-order chi connectivity index (χ0) is 29.1. The van der Waals surface area contributed by atoms with Crippen LogP contribution in [0.5, 0.6) is 0 Å². The first-order valence-electron chi connectivity index (χ1n) is 13.9. The first-order valence-corrected chi connectivity index (χ1v) is 14.3. The molecule has 2 fully saturated rings. The van der Waals surface area contributed by atoms with E-state index >= 15 is 0 Å². The summed E-state index contributed by atoms with van der Waals surface area (Å²) in [4.78, 5) is 58.8. The molecule has 7 nitrogen and oxygen atoms in total. The lowest BCUT2D eigenvalue weighted by Gasteiger charge is -2.18. The molecule has 5 atom stereocenters. The Hall–Kier alpha value is -4.62. The van der Waals surface area contributed by atoms with Crippen molar-refractivity contribution in [2.75, 3.05) is 4.90 Å². The molecule has 4 aromatic rings. The van der Waals surface area contributed by atoms with Gasteiger partial charge in [0.1, 0.15) is 0 Å². The van der Waals surface area contributed by atoms with Gasteiger partial charge in [-0.1, -0.05) is 78.4 Å². The lowest BCUT2D eigenvalue weighted by Crippen LogP contribution is -2.32. The normalized spacial score (nSPS) is 23.0. The molecule has 2 amide bonds. The minimum Gasteiger partial charge on any atom is -0.451 e. The zero-order valence-corrected chi connectivity index (χ0v) is 23.3. The lowest BCUT2D eigenvalue weighted by atomic mass is 9.85. The molecule has 1 aromatic heterocycles. The second kappa shape index (κ2) is 10.0. The summed E-state index contributed by atoms with van der Waals surface area (Å²) in [7, 11) is 0. The summed E-state index contributed by atoms with van der Waals surface area (Å²) in [5.74, 6) is -1.56. The highest BCUT2D eigenvalue weighted by molar-refractivity contribution is 6.35. The smallest absolute Gasteiger partial charge is 0.339 e. The van der Waals surface area contributed by atoms with Crippen LogP contribution in [0.1, 0.15) is 34.1 Å². The summed E-state index contributed by atoms with van der Waals surface area (Å²) in [6.07, 6.45) is 4.01. The molecular weight excluding hydrogens is 552 g/mol. The number of carbonyl (C=O) groups is 4. The van der Waals surface area contributed by atoms with Gasteiger partial charge in [0.15, 0.2) is 6.10 Å². The van der Waals surface area contributed by atoms with Crippen LogP contribution in [0, 0.1) is 23.7 Å². The highest BCUT2D eigenvalue weighted by Gasteiger charge is 2.59. The average molecular weight is 577 g/mol. The number of halogens is 1. The number of ether oxygens (including phenoxy) is 1. The van der Waals surface area contributed by atoms with Gasteiger partial charge in [0.25, 0.3) is 0 Å². The number of para-hydroxylation sites is 1. The van der Waals surface area contributed by atoms with Crippen LogP contribution in [-0.2, 0) is 14.3 Å². The third-order valence-corrected chi connectivity index (χ3v) is 8.92.